The molecule has 34 heavy (non-hydrogen) atoms. The molecule has 0 saturated carbocycles. The van der Waals surface area contributed by atoms with Crippen LogP contribution in [-0.4, -0.2) is 50.5 Å². The lowest BCUT2D eigenvalue weighted by atomic mass is 10.1. The summed E-state index contributed by atoms with van der Waals surface area (Å²) >= 11 is 9.52. The Labute approximate surface area is 215 Å². The third kappa shape index (κ3) is 7.99. The highest BCUT2D eigenvalue weighted by Gasteiger charge is 2.30. The molecule has 0 fully saturated rings. The molecular weight excluding hydrogens is 542 g/mol. The number of anilines is 1. The lowest BCUT2D eigenvalue weighted by Gasteiger charge is -2.31. The number of aryl methyl sites for hydroxylation is 1. The summed E-state index contributed by atoms with van der Waals surface area (Å²) in [7, 11) is -3.77. The summed E-state index contributed by atoms with van der Waals surface area (Å²) < 4.78 is 27.1. The van der Waals surface area contributed by atoms with Crippen LogP contribution >= 0.6 is 27.5 Å². The molecule has 10 heteroatoms. The van der Waals surface area contributed by atoms with Gasteiger partial charge in [0.2, 0.25) is 21.8 Å². The van der Waals surface area contributed by atoms with E-state index >= 15 is 0 Å². The maximum absolute atomic E-state index is 13.5. The molecule has 1 unspecified atom stereocenters. The molecule has 0 aliphatic carbocycles. The van der Waals surface area contributed by atoms with Crippen LogP contribution in [0.15, 0.2) is 46.9 Å². The Bertz CT molecular complexity index is 1140. The van der Waals surface area contributed by atoms with Gasteiger partial charge in [-0.15, -0.1) is 0 Å². The van der Waals surface area contributed by atoms with Crippen LogP contribution in [0, 0.1) is 12.8 Å². The van der Waals surface area contributed by atoms with Gasteiger partial charge in [0.15, 0.2) is 0 Å². The molecular formula is C24H31BrClN3O4S. The average molecular weight is 573 g/mol. The van der Waals surface area contributed by atoms with Crippen LogP contribution in [0.1, 0.15) is 31.9 Å². The molecule has 0 aliphatic heterocycles. The zero-order valence-corrected chi connectivity index (χ0v) is 23.2. The zero-order valence-electron chi connectivity index (χ0n) is 20.0. The fourth-order valence-electron chi connectivity index (χ4n) is 3.26. The van der Waals surface area contributed by atoms with E-state index in [0.717, 1.165) is 26.2 Å². The second-order valence-corrected chi connectivity index (χ2v) is 11.9. The molecule has 7 nitrogen and oxygen atoms in total. The monoisotopic (exact) mass is 571 g/mol. The zero-order chi connectivity index (χ0) is 25.6. The predicted octanol–water partition coefficient (Wildman–Crippen LogP) is 4.37. The number of sulfonamides is 1. The van der Waals surface area contributed by atoms with Gasteiger partial charge in [0, 0.05) is 22.6 Å². The number of benzene rings is 2. The highest BCUT2D eigenvalue weighted by Crippen LogP contribution is 2.25. The van der Waals surface area contributed by atoms with Crippen molar-refractivity contribution < 1.29 is 18.0 Å². The topological polar surface area (TPSA) is 86.8 Å². The Hall–Kier alpha value is -2.10. The van der Waals surface area contributed by atoms with Crippen LogP contribution in [0.3, 0.4) is 0 Å². The second kappa shape index (κ2) is 12.0. The van der Waals surface area contributed by atoms with Crippen molar-refractivity contribution in [1.82, 2.24) is 10.2 Å². The number of hydrogen-bond acceptors (Lipinski definition) is 4. The highest BCUT2D eigenvalue weighted by atomic mass is 79.9. The van der Waals surface area contributed by atoms with Crippen LogP contribution in [-0.2, 0) is 26.2 Å². The molecule has 0 saturated heterocycles. The molecule has 0 bridgehead atoms. The van der Waals surface area contributed by atoms with Crippen molar-refractivity contribution in [2.75, 3.05) is 23.7 Å². The number of carbonyl (C=O) groups is 2. The highest BCUT2D eigenvalue weighted by molar-refractivity contribution is 9.10. The Morgan fingerprint density at radius 3 is 2.35 bits per heavy atom. The normalized spacial score (nSPS) is 12.4. The number of nitrogens with zero attached hydrogens (tertiary/aromatic N) is 2. The van der Waals surface area contributed by atoms with Crippen molar-refractivity contribution in [2.45, 2.75) is 40.3 Å². The molecule has 2 aromatic carbocycles. The van der Waals surface area contributed by atoms with Crippen molar-refractivity contribution in [2.24, 2.45) is 5.92 Å². The Balaban J connectivity index is 2.39. The van der Waals surface area contributed by atoms with Crippen LogP contribution in [0.2, 0.25) is 5.02 Å². The first kappa shape index (κ1) is 28.1. The van der Waals surface area contributed by atoms with Crippen LogP contribution in [0.25, 0.3) is 0 Å². The molecule has 0 radical (unpaired) electrons. The van der Waals surface area contributed by atoms with Gasteiger partial charge >= 0.3 is 0 Å². The van der Waals surface area contributed by atoms with E-state index in [1.54, 1.807) is 49.4 Å². The van der Waals surface area contributed by atoms with E-state index in [2.05, 4.69) is 21.2 Å². The van der Waals surface area contributed by atoms with E-state index in [0.29, 0.717) is 17.3 Å². The van der Waals surface area contributed by atoms with Gasteiger partial charge in [-0.2, -0.15) is 0 Å². The lowest BCUT2D eigenvalue weighted by molar-refractivity contribution is -0.139. The van der Waals surface area contributed by atoms with Gasteiger partial charge in [0.1, 0.15) is 12.6 Å². The maximum Gasteiger partial charge on any atom is 0.244 e. The van der Waals surface area contributed by atoms with E-state index in [9.17, 15) is 18.0 Å². The van der Waals surface area contributed by atoms with Gasteiger partial charge < -0.3 is 10.2 Å². The molecule has 0 aromatic heterocycles. The van der Waals surface area contributed by atoms with Crippen molar-refractivity contribution in [3.63, 3.8) is 0 Å². The molecule has 2 rings (SSSR count). The van der Waals surface area contributed by atoms with E-state index in [1.165, 1.54) is 4.90 Å². The van der Waals surface area contributed by atoms with Gasteiger partial charge in [0.25, 0.3) is 0 Å². The van der Waals surface area contributed by atoms with Gasteiger partial charge in [0.05, 0.1) is 11.9 Å². The first-order chi connectivity index (χ1) is 15.8. The van der Waals surface area contributed by atoms with Crippen LogP contribution < -0.4 is 9.62 Å². The van der Waals surface area contributed by atoms with Crippen LogP contribution in [0.4, 0.5) is 5.69 Å². The van der Waals surface area contributed by atoms with Crippen molar-refractivity contribution in [3.05, 3.63) is 63.1 Å². The Morgan fingerprint density at radius 1 is 1.12 bits per heavy atom. The second-order valence-electron chi connectivity index (χ2n) is 8.67. The van der Waals surface area contributed by atoms with Crippen molar-refractivity contribution in [1.29, 1.82) is 0 Å². The van der Waals surface area contributed by atoms with Gasteiger partial charge in [-0.3, -0.25) is 13.9 Å². The maximum atomic E-state index is 13.5. The summed E-state index contributed by atoms with van der Waals surface area (Å²) in [5.41, 5.74) is 1.93. The molecule has 0 spiro atoms. The summed E-state index contributed by atoms with van der Waals surface area (Å²) in [4.78, 5) is 27.7. The van der Waals surface area contributed by atoms with E-state index in [4.69, 9.17) is 11.6 Å². The minimum Gasteiger partial charge on any atom is -0.354 e. The predicted molar refractivity (Wildman–Crippen MR) is 140 cm³/mol. The van der Waals surface area contributed by atoms with Gasteiger partial charge in [-0.05, 0) is 61.2 Å². The third-order valence-electron chi connectivity index (χ3n) is 5.20. The smallest absolute Gasteiger partial charge is 0.244 e. The summed E-state index contributed by atoms with van der Waals surface area (Å²) in [5, 5.41) is 3.35. The fraction of sp³-hybridized carbons (Fsp3) is 0.417. The molecule has 2 amide bonds. The standard InChI is InChI=1S/C24H31BrClN3O4S/c1-16(2)13-27-24(31)18(4)28(14-19-7-6-8-20(26)12-19)23(30)15-29(34(5,32)33)21-9-10-22(25)17(3)11-21/h6-12,16,18H,13-15H2,1-5H3,(H,27,31). The summed E-state index contributed by atoms with van der Waals surface area (Å²) in [5.74, 6) is -0.567. The van der Waals surface area contributed by atoms with E-state index in [1.807, 2.05) is 20.8 Å². The number of hydrogen-bond donors (Lipinski definition) is 1. The molecule has 186 valence electrons. The SMILES string of the molecule is Cc1cc(N(CC(=O)N(Cc2cccc(Cl)c2)C(C)C(=O)NCC(C)C)S(C)(=O)=O)ccc1Br. The molecule has 0 heterocycles. The minimum atomic E-state index is -3.77. The summed E-state index contributed by atoms with van der Waals surface area (Å²) in [6.07, 6.45) is 1.05. The third-order valence-corrected chi connectivity index (χ3v) is 7.47. The van der Waals surface area contributed by atoms with Crippen molar-refractivity contribution in [3.8, 4) is 0 Å². The minimum absolute atomic E-state index is 0.104. The number of nitrogens with one attached hydrogen (secondary N) is 1. The number of halogens is 2. The van der Waals surface area contributed by atoms with E-state index in [-0.39, 0.29) is 18.4 Å². The molecule has 1 atom stereocenters. The van der Waals surface area contributed by atoms with Gasteiger partial charge in [-0.25, -0.2) is 8.42 Å². The number of rotatable bonds is 10. The molecule has 2 aromatic rings. The number of amides is 2. The first-order valence-corrected chi connectivity index (χ1v) is 13.9. The summed E-state index contributed by atoms with van der Waals surface area (Å²) in [6, 6.07) is 11.2. The van der Waals surface area contributed by atoms with Crippen molar-refractivity contribution >= 4 is 55.1 Å². The summed E-state index contributed by atoms with van der Waals surface area (Å²) in [6.45, 7) is 7.55. The van der Waals surface area contributed by atoms with Crippen LogP contribution in [0.5, 0.6) is 0 Å². The number of carbonyl (C=O) groups excluding carboxylic acids is 2. The fourth-order valence-corrected chi connectivity index (χ4v) is 4.57. The first-order valence-electron chi connectivity index (χ1n) is 10.8. The molecule has 0 aliphatic rings. The lowest BCUT2D eigenvalue weighted by Crippen LogP contribution is -2.51. The molecule has 1 N–H and O–H groups in total. The Kier molecular flexibility index (Phi) is 9.96. The average Bonchev–Trinajstić information content (AvgIpc) is 2.74. The largest absolute Gasteiger partial charge is 0.354 e. The van der Waals surface area contributed by atoms with Gasteiger partial charge in [-0.1, -0.05) is 53.5 Å². The van der Waals surface area contributed by atoms with E-state index < -0.39 is 28.5 Å². The quantitative estimate of drug-likeness (QED) is 0.458. The Morgan fingerprint density at radius 2 is 1.79 bits per heavy atom.